The van der Waals surface area contributed by atoms with Gasteiger partial charge < -0.3 is 4.57 Å². The topological polar surface area (TPSA) is 17.8 Å². The van der Waals surface area contributed by atoms with Gasteiger partial charge in [0.2, 0.25) is 0 Å². The Kier molecular flexibility index (Phi) is 3.76. The van der Waals surface area contributed by atoms with Crippen molar-refractivity contribution in [1.82, 2.24) is 9.55 Å². The third kappa shape index (κ3) is 2.72. The Morgan fingerprint density at radius 2 is 2.00 bits per heavy atom. The summed E-state index contributed by atoms with van der Waals surface area (Å²) in [6.07, 6.45) is 7.35. The van der Waals surface area contributed by atoms with Crippen molar-refractivity contribution in [3.05, 3.63) is 54.1 Å². The number of imidazole rings is 1. The van der Waals surface area contributed by atoms with E-state index in [4.69, 9.17) is 0 Å². The molecular weight excluding hydrogens is 196 g/mol. The largest absolute Gasteiger partial charge is 0.335 e. The van der Waals surface area contributed by atoms with E-state index in [2.05, 4.69) is 46.9 Å². The van der Waals surface area contributed by atoms with Crippen LogP contribution in [0.1, 0.15) is 31.2 Å². The molecule has 1 aromatic heterocycles. The SMILES string of the molecule is CCCCn1ccnc1Cc1ccccc1. The van der Waals surface area contributed by atoms with Gasteiger partial charge in [0.25, 0.3) is 0 Å². The van der Waals surface area contributed by atoms with Crippen LogP contribution in [-0.2, 0) is 13.0 Å². The molecule has 1 heterocycles. The molecule has 2 rings (SSSR count). The van der Waals surface area contributed by atoms with Crippen molar-refractivity contribution >= 4 is 0 Å². The van der Waals surface area contributed by atoms with Crippen LogP contribution in [0.15, 0.2) is 42.7 Å². The van der Waals surface area contributed by atoms with Gasteiger partial charge in [-0.05, 0) is 12.0 Å². The number of aryl methyl sites for hydroxylation is 1. The smallest absolute Gasteiger partial charge is 0.113 e. The molecule has 0 saturated carbocycles. The molecule has 1 aromatic carbocycles. The lowest BCUT2D eigenvalue weighted by Crippen LogP contribution is -2.03. The molecule has 0 atom stereocenters. The lowest BCUT2D eigenvalue weighted by Gasteiger charge is -2.06. The molecule has 0 unspecified atom stereocenters. The molecular formula is C14H18N2. The summed E-state index contributed by atoms with van der Waals surface area (Å²) < 4.78 is 2.26. The summed E-state index contributed by atoms with van der Waals surface area (Å²) in [6, 6.07) is 10.5. The highest BCUT2D eigenvalue weighted by Gasteiger charge is 2.02. The van der Waals surface area contributed by atoms with E-state index < -0.39 is 0 Å². The third-order valence-corrected chi connectivity index (χ3v) is 2.76. The molecule has 0 bridgehead atoms. The molecule has 16 heavy (non-hydrogen) atoms. The van der Waals surface area contributed by atoms with Crippen molar-refractivity contribution in [1.29, 1.82) is 0 Å². The van der Waals surface area contributed by atoms with Crippen molar-refractivity contribution in [3.63, 3.8) is 0 Å². The number of benzene rings is 1. The minimum absolute atomic E-state index is 0.928. The molecule has 2 nitrogen and oxygen atoms in total. The van der Waals surface area contributed by atoms with Crippen molar-refractivity contribution in [2.75, 3.05) is 0 Å². The Hall–Kier alpha value is -1.57. The maximum absolute atomic E-state index is 4.43. The molecule has 0 aliphatic rings. The van der Waals surface area contributed by atoms with Crippen LogP contribution in [0.25, 0.3) is 0 Å². The van der Waals surface area contributed by atoms with Gasteiger partial charge in [0, 0.05) is 25.4 Å². The quantitative estimate of drug-likeness (QED) is 0.747. The minimum Gasteiger partial charge on any atom is -0.335 e. The van der Waals surface area contributed by atoms with Crippen LogP contribution in [0.4, 0.5) is 0 Å². The molecule has 0 fully saturated rings. The van der Waals surface area contributed by atoms with E-state index >= 15 is 0 Å². The van der Waals surface area contributed by atoms with E-state index in [0.29, 0.717) is 0 Å². The van der Waals surface area contributed by atoms with Gasteiger partial charge in [-0.15, -0.1) is 0 Å². The van der Waals surface area contributed by atoms with Gasteiger partial charge in [0.15, 0.2) is 0 Å². The second kappa shape index (κ2) is 5.50. The number of hydrogen-bond donors (Lipinski definition) is 0. The Labute approximate surface area is 97.0 Å². The molecule has 0 saturated heterocycles. The lowest BCUT2D eigenvalue weighted by atomic mass is 10.1. The predicted molar refractivity (Wildman–Crippen MR) is 66.4 cm³/mol. The minimum atomic E-state index is 0.928. The average molecular weight is 214 g/mol. The maximum atomic E-state index is 4.43. The normalized spacial score (nSPS) is 10.6. The van der Waals surface area contributed by atoms with Crippen molar-refractivity contribution in [2.45, 2.75) is 32.7 Å². The molecule has 2 heteroatoms. The number of aromatic nitrogens is 2. The second-order valence-corrected chi connectivity index (χ2v) is 4.05. The van der Waals surface area contributed by atoms with E-state index in [1.54, 1.807) is 0 Å². The first kappa shape index (κ1) is 10.9. The van der Waals surface area contributed by atoms with Crippen molar-refractivity contribution in [2.24, 2.45) is 0 Å². The maximum Gasteiger partial charge on any atom is 0.113 e. The van der Waals surface area contributed by atoms with Gasteiger partial charge in [-0.2, -0.15) is 0 Å². The van der Waals surface area contributed by atoms with Gasteiger partial charge in [-0.1, -0.05) is 43.7 Å². The monoisotopic (exact) mass is 214 g/mol. The number of hydrogen-bond acceptors (Lipinski definition) is 1. The van der Waals surface area contributed by atoms with Gasteiger partial charge in [0.05, 0.1) is 0 Å². The summed E-state index contributed by atoms with van der Waals surface area (Å²) in [5.74, 6) is 1.17. The zero-order valence-corrected chi connectivity index (χ0v) is 9.76. The Morgan fingerprint density at radius 3 is 2.75 bits per heavy atom. The fraction of sp³-hybridized carbons (Fsp3) is 0.357. The van der Waals surface area contributed by atoms with Crippen LogP contribution < -0.4 is 0 Å². The van der Waals surface area contributed by atoms with Crippen LogP contribution in [0.2, 0.25) is 0 Å². The van der Waals surface area contributed by atoms with Gasteiger partial charge >= 0.3 is 0 Å². The molecule has 0 spiro atoms. The fourth-order valence-electron chi connectivity index (χ4n) is 1.82. The molecule has 0 amide bonds. The Balaban J connectivity index is 2.07. The molecule has 84 valence electrons. The molecule has 0 N–H and O–H groups in total. The van der Waals surface area contributed by atoms with Gasteiger partial charge in [-0.25, -0.2) is 4.98 Å². The third-order valence-electron chi connectivity index (χ3n) is 2.76. The molecule has 0 radical (unpaired) electrons. The molecule has 0 aliphatic heterocycles. The first-order valence-corrected chi connectivity index (χ1v) is 5.94. The fourth-order valence-corrected chi connectivity index (χ4v) is 1.82. The van der Waals surface area contributed by atoms with Crippen LogP contribution in [0, 0.1) is 0 Å². The summed E-state index contributed by atoms with van der Waals surface area (Å²) >= 11 is 0. The van der Waals surface area contributed by atoms with Crippen LogP contribution >= 0.6 is 0 Å². The van der Waals surface area contributed by atoms with Gasteiger partial charge in [-0.3, -0.25) is 0 Å². The Morgan fingerprint density at radius 1 is 1.19 bits per heavy atom. The van der Waals surface area contributed by atoms with E-state index in [1.165, 1.54) is 24.2 Å². The zero-order valence-electron chi connectivity index (χ0n) is 9.76. The van der Waals surface area contributed by atoms with Crippen LogP contribution in [0.5, 0.6) is 0 Å². The highest BCUT2D eigenvalue weighted by molar-refractivity contribution is 5.19. The summed E-state index contributed by atoms with van der Waals surface area (Å²) in [4.78, 5) is 4.43. The molecule has 2 aromatic rings. The second-order valence-electron chi connectivity index (χ2n) is 4.05. The first-order valence-electron chi connectivity index (χ1n) is 5.94. The standard InChI is InChI=1S/C14H18N2/c1-2-3-10-16-11-9-15-14(16)12-13-7-5-4-6-8-13/h4-9,11H,2-3,10,12H2,1H3. The predicted octanol–water partition coefficient (Wildman–Crippen LogP) is 3.27. The summed E-state index contributed by atoms with van der Waals surface area (Å²) in [7, 11) is 0. The Bertz CT molecular complexity index is 417. The number of unbranched alkanes of at least 4 members (excludes halogenated alkanes) is 1. The average Bonchev–Trinajstić information content (AvgIpc) is 2.75. The van der Waals surface area contributed by atoms with E-state index in [0.717, 1.165) is 13.0 Å². The lowest BCUT2D eigenvalue weighted by molar-refractivity contribution is 0.609. The van der Waals surface area contributed by atoms with E-state index in [1.807, 2.05) is 12.3 Å². The number of rotatable bonds is 5. The van der Waals surface area contributed by atoms with E-state index in [9.17, 15) is 0 Å². The van der Waals surface area contributed by atoms with E-state index in [-0.39, 0.29) is 0 Å². The van der Waals surface area contributed by atoms with Gasteiger partial charge in [0.1, 0.15) is 5.82 Å². The zero-order chi connectivity index (χ0) is 11.2. The summed E-state index contributed by atoms with van der Waals surface area (Å²) in [6.45, 7) is 3.30. The highest BCUT2D eigenvalue weighted by atomic mass is 15.1. The van der Waals surface area contributed by atoms with Crippen LogP contribution in [-0.4, -0.2) is 9.55 Å². The van der Waals surface area contributed by atoms with Crippen molar-refractivity contribution < 1.29 is 0 Å². The van der Waals surface area contributed by atoms with Crippen molar-refractivity contribution in [3.8, 4) is 0 Å². The highest BCUT2D eigenvalue weighted by Crippen LogP contribution is 2.08. The molecule has 0 aliphatic carbocycles. The number of nitrogens with zero attached hydrogens (tertiary/aromatic N) is 2. The summed E-state index contributed by atoms with van der Waals surface area (Å²) in [5, 5.41) is 0. The first-order chi connectivity index (χ1) is 7.90. The summed E-state index contributed by atoms with van der Waals surface area (Å²) in [5.41, 5.74) is 1.33. The van der Waals surface area contributed by atoms with Crippen LogP contribution in [0.3, 0.4) is 0 Å².